The van der Waals surface area contributed by atoms with Crippen LogP contribution in [0.3, 0.4) is 0 Å². The Kier molecular flexibility index (Phi) is 4.80. The molecule has 2 aromatic rings. The van der Waals surface area contributed by atoms with Gasteiger partial charge in [0.05, 0.1) is 16.6 Å². The van der Waals surface area contributed by atoms with Gasteiger partial charge in [0.25, 0.3) is 5.91 Å². The summed E-state index contributed by atoms with van der Waals surface area (Å²) >= 11 is 11.6. The average Bonchev–Trinajstić information content (AvgIpc) is 2.89. The highest BCUT2D eigenvalue weighted by molar-refractivity contribution is 6.42. The summed E-state index contributed by atoms with van der Waals surface area (Å²) in [6.07, 6.45) is 2.43. The summed E-state index contributed by atoms with van der Waals surface area (Å²) in [5.74, 6) is -0.265. The fraction of sp³-hybridized carbons (Fsp3) is 0.231. The fourth-order valence-corrected chi connectivity index (χ4v) is 2.08. The zero-order chi connectivity index (χ0) is 15.6. The molecule has 8 heteroatoms. The molecule has 0 atom stereocenters. The van der Waals surface area contributed by atoms with Crippen molar-refractivity contribution in [3.8, 4) is 0 Å². The van der Waals surface area contributed by atoms with Crippen LogP contribution in [0.5, 0.6) is 0 Å². The lowest BCUT2D eigenvalue weighted by atomic mass is 10.2. The number of nitrogens with zero attached hydrogens (tertiary/aromatic N) is 3. The smallest absolute Gasteiger partial charge is 0.319 e. The van der Waals surface area contributed by atoms with Crippen molar-refractivity contribution in [2.45, 2.75) is 13.1 Å². The lowest BCUT2D eigenvalue weighted by Crippen LogP contribution is -2.27. The van der Waals surface area contributed by atoms with E-state index < -0.39 is 6.55 Å². The molecule has 0 aliphatic heterocycles. The van der Waals surface area contributed by atoms with Gasteiger partial charge in [0.1, 0.15) is 5.82 Å². The van der Waals surface area contributed by atoms with Gasteiger partial charge in [-0.05, 0) is 18.2 Å². The predicted octanol–water partition coefficient (Wildman–Crippen LogP) is 3.86. The molecular formula is C13H11Cl2F2N3O. The summed E-state index contributed by atoms with van der Waals surface area (Å²) in [5.41, 5.74) is 0.321. The third kappa shape index (κ3) is 3.51. The summed E-state index contributed by atoms with van der Waals surface area (Å²) in [5, 5.41) is 0.592. The molecule has 0 unspecified atom stereocenters. The van der Waals surface area contributed by atoms with E-state index in [2.05, 4.69) is 4.98 Å². The normalized spacial score (nSPS) is 11.0. The number of imidazole rings is 1. The van der Waals surface area contributed by atoms with Gasteiger partial charge in [0, 0.05) is 25.0 Å². The second-order valence-corrected chi connectivity index (χ2v) is 5.13. The highest BCUT2D eigenvalue weighted by atomic mass is 35.5. The van der Waals surface area contributed by atoms with E-state index in [-0.39, 0.29) is 23.3 Å². The number of amides is 1. The van der Waals surface area contributed by atoms with Gasteiger partial charge < -0.3 is 4.90 Å². The molecule has 0 aliphatic carbocycles. The van der Waals surface area contributed by atoms with Gasteiger partial charge in [-0.2, -0.15) is 8.78 Å². The van der Waals surface area contributed by atoms with E-state index in [1.54, 1.807) is 0 Å². The van der Waals surface area contributed by atoms with Crippen molar-refractivity contribution in [3.63, 3.8) is 0 Å². The van der Waals surface area contributed by atoms with Crippen LogP contribution in [0.1, 0.15) is 22.7 Å². The number of hydrogen-bond acceptors (Lipinski definition) is 2. The van der Waals surface area contributed by atoms with Crippen LogP contribution in [-0.2, 0) is 6.54 Å². The van der Waals surface area contributed by atoms with Gasteiger partial charge in [0.15, 0.2) is 0 Å². The van der Waals surface area contributed by atoms with Gasteiger partial charge in [-0.15, -0.1) is 0 Å². The minimum absolute atomic E-state index is 0.0452. The summed E-state index contributed by atoms with van der Waals surface area (Å²) in [6.45, 7) is -2.74. The Hall–Kier alpha value is -1.66. The Bertz CT molecular complexity index is 661. The molecule has 0 radical (unpaired) electrons. The average molecular weight is 334 g/mol. The highest BCUT2D eigenvalue weighted by Crippen LogP contribution is 2.23. The topological polar surface area (TPSA) is 38.1 Å². The van der Waals surface area contributed by atoms with Crippen LogP contribution in [0.25, 0.3) is 0 Å². The van der Waals surface area contributed by atoms with E-state index in [4.69, 9.17) is 23.2 Å². The summed E-state index contributed by atoms with van der Waals surface area (Å²) in [4.78, 5) is 17.3. The Morgan fingerprint density at radius 1 is 1.38 bits per heavy atom. The predicted molar refractivity (Wildman–Crippen MR) is 75.7 cm³/mol. The molecule has 0 spiro atoms. The molecule has 112 valence electrons. The Morgan fingerprint density at radius 2 is 2.10 bits per heavy atom. The molecule has 4 nitrogen and oxygen atoms in total. The third-order valence-corrected chi connectivity index (χ3v) is 3.59. The first kappa shape index (κ1) is 15.7. The van der Waals surface area contributed by atoms with Crippen LogP contribution in [0.15, 0.2) is 30.6 Å². The van der Waals surface area contributed by atoms with Gasteiger partial charge in [-0.25, -0.2) is 4.98 Å². The Morgan fingerprint density at radius 3 is 2.71 bits per heavy atom. The van der Waals surface area contributed by atoms with Crippen LogP contribution in [0.4, 0.5) is 8.78 Å². The first-order valence-corrected chi connectivity index (χ1v) is 6.66. The quantitative estimate of drug-likeness (QED) is 0.852. The zero-order valence-electron chi connectivity index (χ0n) is 10.9. The number of rotatable bonds is 4. The molecule has 0 saturated heterocycles. The SMILES string of the molecule is CN(Cc1nccn1C(F)F)C(=O)c1ccc(Cl)c(Cl)c1. The summed E-state index contributed by atoms with van der Waals surface area (Å²) < 4.78 is 26.1. The lowest BCUT2D eigenvalue weighted by molar-refractivity contribution is 0.0612. The van der Waals surface area contributed by atoms with E-state index in [0.29, 0.717) is 15.2 Å². The van der Waals surface area contributed by atoms with Crippen molar-refractivity contribution in [2.75, 3.05) is 7.05 Å². The maximum absolute atomic E-state index is 12.7. The highest BCUT2D eigenvalue weighted by Gasteiger charge is 2.18. The standard InChI is InChI=1S/C13H11Cl2F2N3O/c1-19(7-11-18-4-5-20(11)13(16)17)12(21)8-2-3-9(14)10(15)6-8/h2-6,13H,7H2,1H3. The van der Waals surface area contributed by atoms with Crippen molar-refractivity contribution in [1.29, 1.82) is 0 Å². The van der Waals surface area contributed by atoms with Crippen molar-refractivity contribution in [2.24, 2.45) is 0 Å². The van der Waals surface area contributed by atoms with Crippen molar-refractivity contribution in [3.05, 3.63) is 52.0 Å². The van der Waals surface area contributed by atoms with Crippen LogP contribution < -0.4 is 0 Å². The molecule has 0 fully saturated rings. The first-order chi connectivity index (χ1) is 9.90. The van der Waals surface area contributed by atoms with E-state index >= 15 is 0 Å². The molecule has 0 saturated carbocycles. The summed E-state index contributed by atoms with van der Waals surface area (Å²) in [7, 11) is 1.50. The lowest BCUT2D eigenvalue weighted by Gasteiger charge is -2.18. The number of halogens is 4. The maximum atomic E-state index is 12.7. The van der Waals surface area contributed by atoms with E-state index in [1.165, 1.54) is 36.3 Å². The molecule has 0 aliphatic rings. The number of alkyl halides is 2. The number of aromatic nitrogens is 2. The van der Waals surface area contributed by atoms with E-state index in [9.17, 15) is 13.6 Å². The number of benzene rings is 1. The van der Waals surface area contributed by atoms with Crippen LogP contribution in [0.2, 0.25) is 10.0 Å². The second-order valence-electron chi connectivity index (χ2n) is 4.32. The van der Waals surface area contributed by atoms with Crippen molar-refractivity contribution >= 4 is 29.1 Å². The minimum atomic E-state index is -2.70. The van der Waals surface area contributed by atoms with Crippen molar-refractivity contribution < 1.29 is 13.6 Å². The Labute approximate surface area is 129 Å². The second kappa shape index (κ2) is 6.41. The molecule has 1 amide bonds. The third-order valence-electron chi connectivity index (χ3n) is 2.85. The van der Waals surface area contributed by atoms with Gasteiger partial charge >= 0.3 is 6.55 Å². The van der Waals surface area contributed by atoms with Crippen LogP contribution >= 0.6 is 23.2 Å². The van der Waals surface area contributed by atoms with Gasteiger partial charge in [0.2, 0.25) is 0 Å². The minimum Gasteiger partial charge on any atom is -0.334 e. The molecule has 0 bridgehead atoms. The van der Waals surface area contributed by atoms with Crippen molar-refractivity contribution in [1.82, 2.24) is 14.5 Å². The monoisotopic (exact) mass is 333 g/mol. The van der Waals surface area contributed by atoms with Crippen LogP contribution in [-0.4, -0.2) is 27.4 Å². The molecule has 1 aromatic carbocycles. The molecular weight excluding hydrogens is 323 g/mol. The van der Waals surface area contributed by atoms with Gasteiger partial charge in [-0.1, -0.05) is 23.2 Å². The molecule has 21 heavy (non-hydrogen) atoms. The fourth-order valence-electron chi connectivity index (χ4n) is 1.78. The largest absolute Gasteiger partial charge is 0.334 e. The molecule has 1 heterocycles. The number of carbonyl (C=O) groups is 1. The molecule has 2 rings (SSSR count). The molecule has 1 aromatic heterocycles. The Balaban J connectivity index is 2.15. The van der Waals surface area contributed by atoms with Gasteiger partial charge in [-0.3, -0.25) is 9.36 Å². The number of carbonyl (C=O) groups excluding carboxylic acids is 1. The maximum Gasteiger partial charge on any atom is 0.319 e. The first-order valence-electron chi connectivity index (χ1n) is 5.90. The molecule has 0 N–H and O–H groups in total. The zero-order valence-corrected chi connectivity index (χ0v) is 12.4. The van der Waals surface area contributed by atoms with E-state index in [0.717, 1.165) is 6.20 Å². The van der Waals surface area contributed by atoms with E-state index in [1.807, 2.05) is 0 Å². The van der Waals surface area contributed by atoms with Crippen LogP contribution in [0, 0.1) is 0 Å². The summed E-state index contributed by atoms with van der Waals surface area (Å²) in [6, 6.07) is 4.46. The number of hydrogen-bond donors (Lipinski definition) is 0.